The monoisotopic (exact) mass is 538 g/mol. The van der Waals surface area contributed by atoms with E-state index in [9.17, 15) is 0 Å². The van der Waals surface area contributed by atoms with Gasteiger partial charge >= 0.3 is 220 Å². The van der Waals surface area contributed by atoms with E-state index in [1.807, 2.05) is 0 Å². The SMILES string of the molecule is CC1(C)COP(S)(S)(P(c2ccccc2)(c2ccccc2)(c2ccccc2)c2ccccc2)OC1. The standard InChI is InChI=1S/C29H32O2P2S2/c1-29(2)23-30-33(34,35,31-24-29)32(25-15-7-3-8-16-25,26-17-9-4-10-18-26,27-19-11-5-12-20-27)28-21-13-6-14-22-28/h3-22,34-35H,23-24H2,1-2H3. The summed E-state index contributed by atoms with van der Waals surface area (Å²) in [5.74, 6) is 0. The Morgan fingerprint density at radius 2 is 0.800 bits per heavy atom. The van der Waals surface area contributed by atoms with Crippen LogP contribution in [0.5, 0.6) is 0 Å². The molecule has 0 aromatic heterocycles. The van der Waals surface area contributed by atoms with Crippen molar-refractivity contribution >= 4 is 57.2 Å². The van der Waals surface area contributed by atoms with Gasteiger partial charge in [-0.1, -0.05) is 0 Å². The van der Waals surface area contributed by atoms with Crippen molar-refractivity contribution in [1.82, 2.24) is 0 Å². The molecule has 0 N–H and O–H groups in total. The molecule has 1 heterocycles. The predicted molar refractivity (Wildman–Crippen MR) is 162 cm³/mol. The molecule has 0 spiro atoms. The van der Waals surface area contributed by atoms with Gasteiger partial charge in [-0.3, -0.25) is 0 Å². The molecule has 4 aromatic rings. The molecule has 0 aliphatic carbocycles. The minimum atomic E-state index is -4.13. The average molecular weight is 539 g/mol. The van der Waals surface area contributed by atoms with Gasteiger partial charge < -0.3 is 0 Å². The molecule has 35 heavy (non-hydrogen) atoms. The van der Waals surface area contributed by atoms with E-state index >= 15 is 0 Å². The molecule has 0 unspecified atom stereocenters. The Labute approximate surface area is 219 Å². The van der Waals surface area contributed by atoms with Crippen molar-refractivity contribution in [2.24, 2.45) is 5.41 Å². The van der Waals surface area contributed by atoms with Gasteiger partial charge in [0.15, 0.2) is 0 Å². The van der Waals surface area contributed by atoms with Gasteiger partial charge in [-0.2, -0.15) is 0 Å². The molecule has 4 aromatic carbocycles. The van der Waals surface area contributed by atoms with E-state index in [0.717, 1.165) is 21.2 Å². The van der Waals surface area contributed by atoms with E-state index in [1.54, 1.807) is 0 Å². The molecule has 1 aliphatic rings. The molecule has 0 radical (unpaired) electrons. The Morgan fingerprint density at radius 1 is 0.543 bits per heavy atom. The average Bonchev–Trinajstić information content (AvgIpc) is 2.90. The first-order valence-corrected chi connectivity index (χ1v) is 19.1. The van der Waals surface area contributed by atoms with Crippen LogP contribution in [0.25, 0.3) is 0 Å². The van der Waals surface area contributed by atoms with E-state index in [4.69, 9.17) is 33.5 Å². The number of benzene rings is 4. The third-order valence-corrected chi connectivity index (χ3v) is 30.2. The van der Waals surface area contributed by atoms with Crippen molar-refractivity contribution in [2.45, 2.75) is 13.8 Å². The van der Waals surface area contributed by atoms with Crippen LogP contribution in [-0.2, 0) is 9.05 Å². The first-order valence-electron chi connectivity index (χ1n) is 11.8. The molecule has 6 heteroatoms. The van der Waals surface area contributed by atoms with Crippen molar-refractivity contribution in [3.63, 3.8) is 0 Å². The number of hydrogen-bond acceptors (Lipinski definition) is 4. The fourth-order valence-electron chi connectivity index (χ4n) is 5.44. The van der Waals surface area contributed by atoms with Crippen LogP contribution >= 0.6 is 35.9 Å². The van der Waals surface area contributed by atoms with Gasteiger partial charge in [-0.25, -0.2) is 0 Å². The Balaban J connectivity index is 2.11. The molecular formula is C29H32O2P2S2. The minimum absolute atomic E-state index is 0.145. The van der Waals surface area contributed by atoms with Crippen LogP contribution in [-0.4, -0.2) is 13.2 Å². The normalized spacial score (nSPS) is 21.0. The molecule has 0 bridgehead atoms. The zero-order chi connectivity index (χ0) is 24.7. The summed E-state index contributed by atoms with van der Waals surface area (Å²) in [4.78, 5) is 0. The zero-order valence-corrected chi connectivity index (χ0v) is 23.6. The van der Waals surface area contributed by atoms with Crippen molar-refractivity contribution in [3.8, 4) is 0 Å². The summed E-state index contributed by atoms with van der Waals surface area (Å²) < 4.78 is 14.1. The maximum absolute atomic E-state index is 7.05. The second-order valence-corrected chi connectivity index (χ2v) is 28.1. The van der Waals surface area contributed by atoms with Gasteiger partial charge in [-0.05, 0) is 0 Å². The summed E-state index contributed by atoms with van der Waals surface area (Å²) in [5.41, 5.74) is -0.145. The Bertz CT molecular complexity index is 1130. The third kappa shape index (κ3) is 3.35. The van der Waals surface area contributed by atoms with Crippen molar-refractivity contribution in [3.05, 3.63) is 121 Å². The zero-order valence-electron chi connectivity index (χ0n) is 20.1. The first kappa shape index (κ1) is 25.0. The van der Waals surface area contributed by atoms with Gasteiger partial charge in [-0.15, -0.1) is 0 Å². The fourth-order valence-corrected chi connectivity index (χ4v) is 29.7. The predicted octanol–water partition coefficient (Wildman–Crippen LogP) is 6.90. The van der Waals surface area contributed by atoms with Crippen LogP contribution in [0.3, 0.4) is 0 Å². The second kappa shape index (κ2) is 8.73. The van der Waals surface area contributed by atoms with Crippen LogP contribution in [0.2, 0.25) is 0 Å². The van der Waals surface area contributed by atoms with Crippen molar-refractivity contribution in [1.29, 1.82) is 0 Å². The third-order valence-electron chi connectivity index (χ3n) is 7.08. The van der Waals surface area contributed by atoms with E-state index in [1.165, 1.54) is 0 Å². The quantitative estimate of drug-likeness (QED) is 0.213. The fraction of sp³-hybridized carbons (Fsp3) is 0.172. The molecule has 182 valence electrons. The van der Waals surface area contributed by atoms with E-state index in [2.05, 4.69) is 135 Å². The molecule has 1 aliphatic heterocycles. The van der Waals surface area contributed by atoms with Gasteiger partial charge in [0.25, 0.3) is 0 Å². The molecule has 0 saturated carbocycles. The van der Waals surface area contributed by atoms with Gasteiger partial charge in [0.1, 0.15) is 0 Å². The summed E-state index contributed by atoms with van der Waals surface area (Å²) in [7, 11) is 0. The van der Waals surface area contributed by atoms with E-state index < -0.39 is 11.4 Å². The summed E-state index contributed by atoms with van der Waals surface area (Å²) in [5, 5.41) is 0.391. The number of thiol groups is 2. The molecule has 0 amide bonds. The Morgan fingerprint density at radius 3 is 1.06 bits per heavy atom. The van der Waals surface area contributed by atoms with Crippen LogP contribution in [0.15, 0.2) is 121 Å². The first-order chi connectivity index (χ1) is 16.7. The van der Waals surface area contributed by atoms with Crippen LogP contribution in [0.1, 0.15) is 13.8 Å². The Kier molecular flexibility index (Phi) is 6.25. The van der Waals surface area contributed by atoms with Crippen molar-refractivity contribution < 1.29 is 9.05 Å². The molecular weight excluding hydrogens is 506 g/mol. The summed E-state index contributed by atoms with van der Waals surface area (Å²) in [6.45, 7) is 5.34. The Hall–Kier alpha value is -1.64. The van der Waals surface area contributed by atoms with Crippen LogP contribution in [0, 0.1) is 5.41 Å². The molecule has 1 saturated heterocycles. The molecule has 0 atom stereocenters. The molecule has 1 fully saturated rings. The van der Waals surface area contributed by atoms with Crippen LogP contribution < -0.4 is 21.2 Å². The maximum atomic E-state index is 7.05. The van der Waals surface area contributed by atoms with Crippen LogP contribution in [0.4, 0.5) is 0 Å². The summed E-state index contributed by atoms with van der Waals surface area (Å²) in [6.07, 6.45) is -3.89. The van der Waals surface area contributed by atoms with E-state index in [0.29, 0.717) is 13.2 Å². The van der Waals surface area contributed by atoms with Gasteiger partial charge in [0, 0.05) is 0 Å². The summed E-state index contributed by atoms with van der Waals surface area (Å²) >= 11 is 11.2. The van der Waals surface area contributed by atoms with Gasteiger partial charge in [0.05, 0.1) is 0 Å². The molecule has 2 nitrogen and oxygen atoms in total. The van der Waals surface area contributed by atoms with Gasteiger partial charge in [0.2, 0.25) is 0 Å². The second-order valence-electron chi connectivity index (χ2n) is 9.96. The summed E-state index contributed by atoms with van der Waals surface area (Å²) in [6, 6.07) is 42.6. The topological polar surface area (TPSA) is 18.5 Å². The number of rotatable bonds is 5. The molecule has 5 rings (SSSR count). The van der Waals surface area contributed by atoms with Crippen molar-refractivity contribution in [2.75, 3.05) is 13.2 Å². The number of hydrogen-bond donors (Lipinski definition) is 2. The van der Waals surface area contributed by atoms with E-state index in [-0.39, 0.29) is 5.41 Å².